The third-order valence-electron chi connectivity index (χ3n) is 5.69. The zero-order chi connectivity index (χ0) is 21.4. The van der Waals surface area contributed by atoms with Gasteiger partial charge in [0, 0.05) is 17.5 Å². The van der Waals surface area contributed by atoms with Crippen LogP contribution in [0.2, 0.25) is 0 Å². The van der Waals surface area contributed by atoms with Crippen LogP contribution >= 0.6 is 11.3 Å². The van der Waals surface area contributed by atoms with Crippen molar-refractivity contribution in [3.05, 3.63) is 83.3 Å². The van der Waals surface area contributed by atoms with Gasteiger partial charge in [-0.25, -0.2) is 14.4 Å². The summed E-state index contributed by atoms with van der Waals surface area (Å²) in [4.78, 5) is 20.9. The molecule has 156 valence electrons. The molecular formula is C24H20FN3O2S. The molecule has 1 fully saturated rings. The Morgan fingerprint density at radius 2 is 1.90 bits per heavy atom. The summed E-state index contributed by atoms with van der Waals surface area (Å²) in [7, 11) is 0. The molecule has 0 saturated heterocycles. The number of fused-ring (bicyclic) bond motifs is 1. The quantitative estimate of drug-likeness (QED) is 0.440. The molecule has 4 aromatic rings. The summed E-state index contributed by atoms with van der Waals surface area (Å²) >= 11 is 1.39. The highest BCUT2D eigenvalue weighted by Gasteiger charge is 2.47. The number of nitrogens with one attached hydrogen (secondary N) is 1. The lowest BCUT2D eigenvalue weighted by molar-refractivity contribution is -0.135. The predicted octanol–water partition coefficient (Wildman–Crippen LogP) is 4.75. The summed E-state index contributed by atoms with van der Waals surface area (Å²) in [5.74, 6) is -1.32. The van der Waals surface area contributed by atoms with Gasteiger partial charge in [0.05, 0.1) is 12.2 Å². The number of nitrogens with zero attached hydrogens (tertiary/aromatic N) is 2. The first-order valence-corrected chi connectivity index (χ1v) is 10.9. The molecule has 5 nitrogen and oxygen atoms in total. The summed E-state index contributed by atoms with van der Waals surface area (Å²) in [5, 5.41) is 12.0. The number of aliphatic carboxylic acids is 1. The third-order valence-corrected chi connectivity index (χ3v) is 6.69. The number of carboxylic acids is 1. The first-order chi connectivity index (χ1) is 15.0. The van der Waals surface area contributed by atoms with Gasteiger partial charge in [0.2, 0.25) is 0 Å². The maximum atomic E-state index is 14.8. The number of hydrogen-bond acceptors (Lipinski definition) is 5. The Morgan fingerprint density at radius 3 is 2.61 bits per heavy atom. The van der Waals surface area contributed by atoms with E-state index in [9.17, 15) is 9.18 Å². The maximum Gasteiger partial charge on any atom is 0.317 e. The van der Waals surface area contributed by atoms with Crippen molar-refractivity contribution in [1.82, 2.24) is 15.3 Å². The van der Waals surface area contributed by atoms with Crippen molar-refractivity contribution in [2.24, 2.45) is 0 Å². The molecular weight excluding hydrogens is 413 g/mol. The number of hydrogen-bond donors (Lipinski definition) is 2. The van der Waals surface area contributed by atoms with Crippen molar-refractivity contribution in [3.63, 3.8) is 0 Å². The zero-order valence-electron chi connectivity index (χ0n) is 16.6. The minimum Gasteiger partial charge on any atom is -0.480 e. The smallest absolute Gasteiger partial charge is 0.317 e. The first kappa shape index (κ1) is 19.8. The van der Waals surface area contributed by atoms with Crippen molar-refractivity contribution in [2.75, 3.05) is 6.54 Å². The van der Waals surface area contributed by atoms with Gasteiger partial charge in [-0.05, 0) is 48.2 Å². The minimum atomic E-state index is -0.946. The van der Waals surface area contributed by atoms with E-state index in [2.05, 4.69) is 34.6 Å². The molecule has 7 heteroatoms. The van der Waals surface area contributed by atoms with Gasteiger partial charge in [-0.15, -0.1) is 0 Å². The van der Waals surface area contributed by atoms with E-state index in [1.54, 1.807) is 12.1 Å². The molecule has 2 aromatic carbocycles. The fraction of sp³-hybridized carbons (Fsp3) is 0.208. The number of pyridine rings is 1. The number of rotatable bonds is 7. The summed E-state index contributed by atoms with van der Waals surface area (Å²) in [5.41, 5.74) is 4.18. The largest absolute Gasteiger partial charge is 0.480 e. The minimum absolute atomic E-state index is 0.0184. The molecule has 1 saturated carbocycles. The number of carbonyl (C=O) groups is 1. The highest BCUT2D eigenvalue weighted by atomic mass is 32.1. The number of aromatic nitrogens is 2. The van der Waals surface area contributed by atoms with Crippen molar-refractivity contribution >= 4 is 27.7 Å². The molecule has 2 aromatic heterocycles. The molecule has 0 aliphatic heterocycles. The molecule has 0 spiro atoms. The lowest BCUT2D eigenvalue weighted by atomic mass is 9.92. The molecule has 1 aliphatic rings. The van der Waals surface area contributed by atoms with Gasteiger partial charge in [0.15, 0.2) is 0 Å². The van der Waals surface area contributed by atoms with E-state index in [1.807, 2.05) is 18.2 Å². The number of halogens is 1. The van der Waals surface area contributed by atoms with E-state index in [4.69, 9.17) is 10.1 Å². The standard InChI is InChI=1S/C24H20FN3O2S/c25-18-12-15(13-26-14-21(29)30)6-7-17(18)22-27-19-8-9-20(28-23(19)31-22)24(10-11-24)16-4-2-1-3-5-16/h1-9,12,26H,10-11,13-14H2,(H,29,30). The van der Waals surface area contributed by atoms with Crippen molar-refractivity contribution in [2.45, 2.75) is 24.8 Å². The molecule has 0 atom stereocenters. The number of thiazole rings is 1. The number of benzene rings is 2. The van der Waals surface area contributed by atoms with Crippen LogP contribution in [0.15, 0.2) is 60.7 Å². The van der Waals surface area contributed by atoms with Gasteiger partial charge in [0.1, 0.15) is 21.2 Å². The third kappa shape index (κ3) is 3.82. The molecule has 0 bridgehead atoms. The van der Waals surface area contributed by atoms with Crippen LogP contribution in [0.25, 0.3) is 20.9 Å². The molecule has 5 rings (SSSR count). The highest BCUT2D eigenvalue weighted by Crippen LogP contribution is 2.53. The van der Waals surface area contributed by atoms with Crippen molar-refractivity contribution in [1.29, 1.82) is 0 Å². The molecule has 0 radical (unpaired) electrons. The van der Waals surface area contributed by atoms with Crippen LogP contribution in [0, 0.1) is 5.82 Å². The fourth-order valence-corrected chi connectivity index (χ4v) is 4.89. The van der Waals surface area contributed by atoms with Gasteiger partial charge in [-0.1, -0.05) is 47.7 Å². The van der Waals surface area contributed by atoms with E-state index in [0.29, 0.717) is 16.1 Å². The highest BCUT2D eigenvalue weighted by molar-refractivity contribution is 7.21. The summed E-state index contributed by atoms with van der Waals surface area (Å²) in [6.07, 6.45) is 2.15. The van der Waals surface area contributed by atoms with E-state index >= 15 is 0 Å². The van der Waals surface area contributed by atoms with Gasteiger partial charge in [-0.3, -0.25) is 4.79 Å². The number of carboxylic acid groups (broad SMARTS) is 1. The van der Waals surface area contributed by atoms with E-state index in [-0.39, 0.29) is 24.3 Å². The van der Waals surface area contributed by atoms with E-state index in [0.717, 1.165) is 28.9 Å². The van der Waals surface area contributed by atoms with E-state index < -0.39 is 5.97 Å². The SMILES string of the molecule is O=C(O)CNCc1ccc(-c2nc3ccc(C4(c5ccccc5)CC4)nc3s2)c(F)c1. The van der Waals surface area contributed by atoms with Crippen molar-refractivity contribution in [3.8, 4) is 10.6 Å². The Morgan fingerprint density at radius 1 is 1.10 bits per heavy atom. The Kier molecular flexibility index (Phi) is 5.00. The van der Waals surface area contributed by atoms with Crippen LogP contribution in [0.5, 0.6) is 0 Å². The maximum absolute atomic E-state index is 14.8. The van der Waals surface area contributed by atoms with Gasteiger partial charge >= 0.3 is 5.97 Å². The summed E-state index contributed by atoms with van der Waals surface area (Å²) in [6.45, 7) is 0.121. The van der Waals surface area contributed by atoms with Gasteiger partial charge in [0.25, 0.3) is 0 Å². The molecule has 2 heterocycles. The van der Waals surface area contributed by atoms with Crippen LogP contribution in [0.3, 0.4) is 0 Å². The topological polar surface area (TPSA) is 75.1 Å². The molecule has 2 N–H and O–H groups in total. The molecule has 0 amide bonds. The van der Waals surface area contributed by atoms with Crippen LogP contribution in [0.4, 0.5) is 4.39 Å². The van der Waals surface area contributed by atoms with Crippen LogP contribution in [0.1, 0.15) is 29.7 Å². The Labute approximate surface area is 182 Å². The average Bonchev–Trinajstić information content (AvgIpc) is 3.47. The molecule has 31 heavy (non-hydrogen) atoms. The molecule has 0 unspecified atom stereocenters. The normalized spacial score (nSPS) is 14.6. The lowest BCUT2D eigenvalue weighted by Gasteiger charge is -2.14. The molecule has 1 aliphatic carbocycles. The van der Waals surface area contributed by atoms with Crippen LogP contribution in [-0.4, -0.2) is 27.6 Å². The van der Waals surface area contributed by atoms with Crippen LogP contribution < -0.4 is 5.32 Å². The second-order valence-corrected chi connectivity index (χ2v) is 8.78. The van der Waals surface area contributed by atoms with Gasteiger partial charge in [-0.2, -0.15) is 0 Å². The Bertz CT molecular complexity index is 1270. The second kappa shape index (κ2) is 7.83. The zero-order valence-corrected chi connectivity index (χ0v) is 17.5. The first-order valence-electron chi connectivity index (χ1n) is 10.1. The summed E-state index contributed by atoms with van der Waals surface area (Å²) in [6, 6.07) is 19.4. The average molecular weight is 434 g/mol. The predicted molar refractivity (Wildman–Crippen MR) is 119 cm³/mol. The fourth-order valence-electron chi connectivity index (χ4n) is 3.93. The Hall–Kier alpha value is -3.16. The van der Waals surface area contributed by atoms with E-state index in [1.165, 1.54) is 23.0 Å². The summed E-state index contributed by atoms with van der Waals surface area (Å²) < 4.78 is 14.8. The monoisotopic (exact) mass is 433 g/mol. The Balaban J connectivity index is 1.43. The van der Waals surface area contributed by atoms with Crippen LogP contribution in [-0.2, 0) is 16.8 Å². The second-order valence-electron chi connectivity index (χ2n) is 7.80. The lowest BCUT2D eigenvalue weighted by Crippen LogP contribution is -2.21. The van der Waals surface area contributed by atoms with Crippen molar-refractivity contribution < 1.29 is 14.3 Å². The van der Waals surface area contributed by atoms with Gasteiger partial charge < -0.3 is 10.4 Å².